The number of sulfonamides is 2. The molecule has 0 saturated heterocycles. The summed E-state index contributed by atoms with van der Waals surface area (Å²) in [5.74, 6) is 1.62. The smallest absolute Gasteiger partial charge is 0.407 e. The highest BCUT2D eigenvalue weighted by Gasteiger charge is 2.37. The summed E-state index contributed by atoms with van der Waals surface area (Å²) in [4.78, 5) is 12.5. The topological polar surface area (TPSA) is 213 Å². The molecule has 3 N–H and O–H groups in total. The summed E-state index contributed by atoms with van der Waals surface area (Å²) in [5, 5.41) is 25.4. The van der Waals surface area contributed by atoms with Gasteiger partial charge in [-0.3, -0.25) is 0 Å². The second-order valence-corrected chi connectivity index (χ2v) is 18.9. The molecule has 20 heteroatoms. The third kappa shape index (κ3) is 11.9. The Kier molecular flexibility index (Phi) is 14.9. The van der Waals surface area contributed by atoms with E-state index in [0.717, 1.165) is 9.87 Å². The Morgan fingerprint density at radius 2 is 1.32 bits per heavy atom. The van der Waals surface area contributed by atoms with Gasteiger partial charge in [0.2, 0.25) is 25.9 Å². The number of aliphatic hydroxyl groups excluding tert-OH is 1. The maximum absolute atomic E-state index is 15.4. The number of carbonyl (C=O) groups excluding carboxylic acids is 1. The van der Waals surface area contributed by atoms with Gasteiger partial charge < -0.3 is 29.4 Å². The Bertz CT molecular complexity index is 2380. The van der Waals surface area contributed by atoms with Crippen molar-refractivity contribution in [3.63, 3.8) is 0 Å². The number of aliphatic hydroxyl groups is 1. The normalized spacial score (nSPS) is 12.6. The SMILES string of the molecule is COc1ccc(CN(Cc2ccc(OC)cc2)S(=O)(=O)c2c(S(=O)(=O)NCC(CO)NC(=O)OC(C)(C)C)ccc(I)c2-c2nnn(Cc3ccc(OC)cc3)n2)cc1. The van der Waals surface area contributed by atoms with Crippen LogP contribution in [-0.4, -0.2) is 98.7 Å². The molecule has 1 aromatic heterocycles. The molecule has 1 heterocycles. The zero-order chi connectivity index (χ0) is 43.0. The first-order chi connectivity index (χ1) is 28.0. The van der Waals surface area contributed by atoms with Crippen LogP contribution in [0.15, 0.2) is 94.7 Å². The number of aromatic nitrogens is 4. The van der Waals surface area contributed by atoms with E-state index in [1.54, 1.807) is 88.5 Å². The standard InChI is InChI=1S/C39H46IN7O10S2/c1-39(2,3)57-38(49)42-29(25-48)21-41-58(50,51)34-20-19-33(40)35(37-43-45-47(44-37)24-28-11-17-32(56-6)18-12-28)36(34)59(52,53)46(22-26-7-13-30(54-4)14-8-26)23-27-9-15-31(55-5)16-10-27/h7-20,29,41,48H,21-25H2,1-6H3,(H,42,49). The summed E-state index contributed by atoms with van der Waals surface area (Å²) in [7, 11) is -4.96. The zero-order valence-electron chi connectivity index (χ0n) is 33.2. The second-order valence-electron chi connectivity index (χ2n) is 14.1. The lowest BCUT2D eigenvalue weighted by atomic mass is 10.2. The van der Waals surface area contributed by atoms with E-state index < -0.39 is 60.7 Å². The quantitative estimate of drug-likeness (QED) is 0.103. The molecule has 0 radical (unpaired) electrons. The molecule has 0 spiro atoms. The van der Waals surface area contributed by atoms with Gasteiger partial charge in [0.1, 0.15) is 32.6 Å². The number of halogens is 1. The first-order valence-corrected chi connectivity index (χ1v) is 22.1. The van der Waals surface area contributed by atoms with Crippen molar-refractivity contribution in [3.05, 3.63) is 105 Å². The molecule has 5 aromatic rings. The molecule has 1 unspecified atom stereocenters. The highest BCUT2D eigenvalue weighted by molar-refractivity contribution is 14.1. The van der Waals surface area contributed by atoms with Gasteiger partial charge in [0.05, 0.1) is 46.1 Å². The van der Waals surface area contributed by atoms with Crippen LogP contribution < -0.4 is 24.2 Å². The van der Waals surface area contributed by atoms with E-state index in [9.17, 15) is 18.3 Å². The molecule has 0 saturated carbocycles. The van der Waals surface area contributed by atoms with Crippen LogP contribution in [-0.2, 0) is 44.4 Å². The molecule has 316 valence electrons. The number of hydrogen-bond donors (Lipinski definition) is 3. The van der Waals surface area contributed by atoms with Gasteiger partial charge in [0, 0.05) is 23.2 Å². The molecular weight excluding hydrogens is 918 g/mol. The van der Waals surface area contributed by atoms with Crippen molar-refractivity contribution in [1.82, 2.24) is 34.6 Å². The molecule has 17 nitrogen and oxygen atoms in total. The fraction of sp³-hybridized carbons (Fsp3) is 0.333. The van der Waals surface area contributed by atoms with E-state index in [2.05, 4.69) is 25.4 Å². The van der Waals surface area contributed by atoms with Gasteiger partial charge in [0.15, 0.2) is 0 Å². The first kappa shape index (κ1) is 45.2. The molecule has 59 heavy (non-hydrogen) atoms. The van der Waals surface area contributed by atoms with Crippen LogP contribution in [0.4, 0.5) is 4.79 Å². The van der Waals surface area contributed by atoms with Crippen LogP contribution in [0.25, 0.3) is 11.4 Å². The number of hydrogen-bond acceptors (Lipinski definition) is 13. The van der Waals surface area contributed by atoms with Crippen LogP contribution in [0.3, 0.4) is 0 Å². The lowest BCUT2D eigenvalue weighted by molar-refractivity contribution is 0.0484. The third-order valence-electron chi connectivity index (χ3n) is 8.61. The van der Waals surface area contributed by atoms with Gasteiger partial charge >= 0.3 is 6.09 Å². The van der Waals surface area contributed by atoms with Crippen molar-refractivity contribution in [3.8, 4) is 28.6 Å². The van der Waals surface area contributed by atoms with E-state index in [0.29, 0.717) is 31.9 Å². The first-order valence-electron chi connectivity index (χ1n) is 18.1. The molecule has 1 amide bonds. The number of rotatable bonds is 18. The summed E-state index contributed by atoms with van der Waals surface area (Å²) in [6, 6.07) is 22.3. The molecule has 1 atom stereocenters. The van der Waals surface area contributed by atoms with Crippen molar-refractivity contribution < 1.29 is 45.7 Å². The van der Waals surface area contributed by atoms with Gasteiger partial charge in [-0.25, -0.2) is 26.4 Å². The maximum atomic E-state index is 15.4. The van der Waals surface area contributed by atoms with Gasteiger partial charge in [0.25, 0.3) is 0 Å². The van der Waals surface area contributed by atoms with Crippen molar-refractivity contribution in [1.29, 1.82) is 0 Å². The predicted octanol–water partition coefficient (Wildman–Crippen LogP) is 4.57. The fourth-order valence-electron chi connectivity index (χ4n) is 5.67. The number of tetrazole rings is 1. The number of nitrogens with zero attached hydrogens (tertiary/aromatic N) is 5. The summed E-state index contributed by atoms with van der Waals surface area (Å²) in [5.41, 5.74) is 0.995. The number of alkyl carbamates (subject to hydrolysis) is 1. The minimum atomic E-state index is -4.81. The Morgan fingerprint density at radius 1 is 0.814 bits per heavy atom. The molecule has 0 aliphatic rings. The Balaban J connectivity index is 1.64. The van der Waals surface area contributed by atoms with Gasteiger partial charge in [-0.05, 0) is 114 Å². The largest absolute Gasteiger partial charge is 0.497 e. The number of benzene rings is 4. The molecular formula is C39H46IN7O10S2. The highest BCUT2D eigenvalue weighted by Crippen LogP contribution is 2.38. The van der Waals surface area contributed by atoms with Gasteiger partial charge in [-0.1, -0.05) is 36.4 Å². The molecule has 5 rings (SSSR count). The van der Waals surface area contributed by atoms with Crippen molar-refractivity contribution in [2.75, 3.05) is 34.5 Å². The van der Waals surface area contributed by atoms with E-state index in [4.69, 9.17) is 18.9 Å². The minimum Gasteiger partial charge on any atom is -0.497 e. The maximum Gasteiger partial charge on any atom is 0.407 e. The minimum absolute atomic E-state index is 0.102. The lowest BCUT2D eigenvalue weighted by Gasteiger charge is -2.26. The Hall–Kier alpha value is -4.87. The number of ether oxygens (including phenoxy) is 4. The number of carbonyl (C=O) groups is 1. The highest BCUT2D eigenvalue weighted by atomic mass is 127. The second kappa shape index (κ2) is 19.5. The summed E-state index contributed by atoms with van der Waals surface area (Å²) >= 11 is 1.91. The molecule has 0 aliphatic carbocycles. The summed E-state index contributed by atoms with van der Waals surface area (Å²) < 4.78 is 84.6. The van der Waals surface area contributed by atoms with Crippen LogP contribution >= 0.6 is 22.6 Å². The van der Waals surface area contributed by atoms with Gasteiger partial charge in [-0.15, -0.1) is 10.2 Å². The van der Waals surface area contributed by atoms with E-state index in [1.807, 2.05) is 34.7 Å². The zero-order valence-corrected chi connectivity index (χ0v) is 37.0. The molecule has 0 fully saturated rings. The third-order valence-corrected chi connectivity index (χ3v) is 13.0. The Morgan fingerprint density at radius 3 is 1.80 bits per heavy atom. The lowest BCUT2D eigenvalue weighted by Crippen LogP contribution is -2.47. The average molecular weight is 964 g/mol. The molecule has 4 aromatic carbocycles. The summed E-state index contributed by atoms with van der Waals surface area (Å²) in [6.07, 6.45) is -0.882. The van der Waals surface area contributed by atoms with Crippen molar-refractivity contribution in [2.45, 2.75) is 61.8 Å². The van der Waals surface area contributed by atoms with Crippen LogP contribution in [0.2, 0.25) is 0 Å². The van der Waals surface area contributed by atoms with E-state index >= 15 is 8.42 Å². The van der Waals surface area contributed by atoms with Crippen LogP contribution in [0.5, 0.6) is 17.2 Å². The number of nitrogens with one attached hydrogen (secondary N) is 2. The van der Waals surface area contributed by atoms with Crippen molar-refractivity contribution >= 4 is 48.7 Å². The Labute approximate surface area is 357 Å². The van der Waals surface area contributed by atoms with E-state index in [-0.39, 0.29) is 31.0 Å². The monoisotopic (exact) mass is 963 g/mol. The van der Waals surface area contributed by atoms with Crippen LogP contribution in [0.1, 0.15) is 37.5 Å². The average Bonchev–Trinajstić information content (AvgIpc) is 3.66. The van der Waals surface area contributed by atoms with E-state index in [1.165, 1.54) is 31.1 Å². The number of methoxy groups -OCH3 is 3. The van der Waals surface area contributed by atoms with Gasteiger partial charge in [-0.2, -0.15) is 9.10 Å². The number of amides is 1. The fourth-order valence-corrected chi connectivity index (χ4v) is 10.0. The van der Waals surface area contributed by atoms with Crippen molar-refractivity contribution in [2.24, 2.45) is 0 Å². The summed E-state index contributed by atoms with van der Waals surface area (Å²) in [6.45, 7) is 3.57. The molecule has 0 bridgehead atoms. The van der Waals surface area contributed by atoms with Crippen LogP contribution in [0, 0.1) is 3.57 Å². The predicted molar refractivity (Wildman–Crippen MR) is 226 cm³/mol. The molecule has 0 aliphatic heterocycles.